The minimum Gasteiger partial charge on any atom is -0.464 e. The zero-order chi connectivity index (χ0) is 11.7. The molecule has 2 rings (SSSR count). The van der Waals surface area contributed by atoms with Gasteiger partial charge in [0.05, 0.1) is 7.11 Å². The number of nitrogens with one attached hydrogen (secondary N) is 1. The van der Waals surface area contributed by atoms with Crippen molar-refractivity contribution in [2.45, 2.75) is 6.92 Å². The molecule has 2 aromatic rings. The third-order valence-electron chi connectivity index (χ3n) is 2.28. The number of hydrogen-bond acceptors (Lipinski definition) is 5. The van der Waals surface area contributed by atoms with Crippen molar-refractivity contribution in [3.05, 3.63) is 17.5 Å². The van der Waals surface area contributed by atoms with Gasteiger partial charge in [0.1, 0.15) is 11.4 Å². The van der Waals surface area contributed by atoms with Gasteiger partial charge in [-0.3, -0.25) is 4.68 Å². The molecule has 2 aromatic heterocycles. The van der Waals surface area contributed by atoms with E-state index in [-0.39, 0.29) is 5.69 Å². The summed E-state index contributed by atoms with van der Waals surface area (Å²) in [6, 6.07) is 1.82. The van der Waals surface area contributed by atoms with Crippen molar-refractivity contribution in [2.24, 2.45) is 7.05 Å². The van der Waals surface area contributed by atoms with E-state index in [1.54, 1.807) is 4.68 Å². The van der Waals surface area contributed by atoms with E-state index in [0.29, 0.717) is 11.4 Å². The van der Waals surface area contributed by atoms with Crippen LogP contribution >= 0.6 is 0 Å². The first kappa shape index (κ1) is 10.3. The van der Waals surface area contributed by atoms with Crippen LogP contribution in [0.5, 0.6) is 0 Å². The summed E-state index contributed by atoms with van der Waals surface area (Å²) >= 11 is 0. The molecule has 0 bridgehead atoms. The Labute approximate surface area is 91.4 Å². The van der Waals surface area contributed by atoms with E-state index >= 15 is 0 Å². The van der Waals surface area contributed by atoms with E-state index < -0.39 is 5.97 Å². The van der Waals surface area contributed by atoms with Gasteiger partial charge in [0.25, 0.3) is 0 Å². The maximum Gasteiger partial charge on any atom is 0.360 e. The van der Waals surface area contributed by atoms with Crippen LogP contribution in [0.4, 0.5) is 0 Å². The molecule has 0 aliphatic heterocycles. The molecular formula is C9H11N5O2. The van der Waals surface area contributed by atoms with E-state index in [0.717, 1.165) is 5.69 Å². The number of ether oxygens (including phenoxy) is 1. The molecule has 0 fully saturated rings. The number of methoxy groups -OCH3 is 1. The summed E-state index contributed by atoms with van der Waals surface area (Å²) in [5, 5.41) is 14.2. The second-order valence-electron chi connectivity index (χ2n) is 3.31. The second-order valence-corrected chi connectivity index (χ2v) is 3.31. The molecular weight excluding hydrogens is 210 g/mol. The fourth-order valence-electron chi connectivity index (χ4n) is 1.32. The Morgan fingerprint density at radius 3 is 2.81 bits per heavy atom. The predicted molar refractivity (Wildman–Crippen MR) is 54.7 cm³/mol. The SMILES string of the molecule is COC(=O)c1n[nH]nc1-c1cc(C)n(C)n1. The Morgan fingerprint density at radius 1 is 1.50 bits per heavy atom. The van der Waals surface area contributed by atoms with Crippen molar-refractivity contribution >= 4 is 5.97 Å². The lowest BCUT2D eigenvalue weighted by Crippen LogP contribution is -2.04. The maximum absolute atomic E-state index is 11.4. The van der Waals surface area contributed by atoms with Crippen molar-refractivity contribution in [1.29, 1.82) is 0 Å². The first-order valence-electron chi connectivity index (χ1n) is 4.63. The van der Waals surface area contributed by atoms with Crippen molar-refractivity contribution in [2.75, 3.05) is 7.11 Å². The molecule has 0 saturated heterocycles. The van der Waals surface area contributed by atoms with Crippen LogP contribution in [0.3, 0.4) is 0 Å². The van der Waals surface area contributed by atoms with E-state index in [2.05, 4.69) is 25.2 Å². The largest absolute Gasteiger partial charge is 0.464 e. The van der Waals surface area contributed by atoms with Crippen molar-refractivity contribution in [1.82, 2.24) is 25.2 Å². The number of carbonyl (C=O) groups excluding carboxylic acids is 1. The number of aryl methyl sites for hydroxylation is 2. The zero-order valence-corrected chi connectivity index (χ0v) is 9.18. The number of H-pyrrole nitrogens is 1. The molecule has 0 saturated carbocycles. The van der Waals surface area contributed by atoms with Crippen LogP contribution in [0, 0.1) is 6.92 Å². The van der Waals surface area contributed by atoms with Crippen LogP contribution in [0.2, 0.25) is 0 Å². The predicted octanol–water partition coefficient (Wildman–Crippen LogP) is 0.300. The molecule has 84 valence electrons. The Balaban J connectivity index is 2.48. The van der Waals surface area contributed by atoms with Crippen LogP contribution in [0.25, 0.3) is 11.4 Å². The Hall–Kier alpha value is -2.18. The summed E-state index contributed by atoms with van der Waals surface area (Å²) in [6.45, 7) is 1.91. The molecule has 7 nitrogen and oxygen atoms in total. The smallest absolute Gasteiger partial charge is 0.360 e. The van der Waals surface area contributed by atoms with Gasteiger partial charge < -0.3 is 4.74 Å². The molecule has 1 N–H and O–H groups in total. The summed E-state index contributed by atoms with van der Waals surface area (Å²) in [5.41, 5.74) is 2.10. The summed E-state index contributed by atoms with van der Waals surface area (Å²) in [6.07, 6.45) is 0. The van der Waals surface area contributed by atoms with Crippen LogP contribution in [0.1, 0.15) is 16.2 Å². The van der Waals surface area contributed by atoms with Crippen molar-refractivity contribution in [3.63, 3.8) is 0 Å². The summed E-state index contributed by atoms with van der Waals surface area (Å²) in [5.74, 6) is -0.535. The molecule has 0 amide bonds. The van der Waals surface area contributed by atoms with E-state index in [1.807, 2.05) is 20.0 Å². The molecule has 0 aliphatic carbocycles. The number of rotatable bonds is 2. The zero-order valence-electron chi connectivity index (χ0n) is 9.18. The monoisotopic (exact) mass is 221 g/mol. The third kappa shape index (κ3) is 1.56. The lowest BCUT2D eigenvalue weighted by atomic mass is 10.2. The van der Waals surface area contributed by atoms with Crippen molar-refractivity contribution < 1.29 is 9.53 Å². The number of esters is 1. The standard InChI is InChI=1S/C9H11N5O2/c1-5-4-6(12-14(5)2)7-8(9(15)16-3)11-13-10-7/h4H,1-3H3,(H,10,11,13). The highest BCUT2D eigenvalue weighted by Crippen LogP contribution is 2.19. The summed E-state index contributed by atoms with van der Waals surface area (Å²) in [4.78, 5) is 11.4. The molecule has 2 heterocycles. The van der Waals surface area contributed by atoms with Gasteiger partial charge >= 0.3 is 5.97 Å². The Morgan fingerprint density at radius 2 is 2.25 bits per heavy atom. The van der Waals surface area contributed by atoms with Crippen LogP contribution < -0.4 is 0 Å². The van der Waals surface area contributed by atoms with Crippen LogP contribution in [-0.4, -0.2) is 38.3 Å². The number of carbonyl (C=O) groups is 1. The van der Waals surface area contributed by atoms with Gasteiger partial charge in [0, 0.05) is 12.7 Å². The van der Waals surface area contributed by atoms with Gasteiger partial charge in [0.2, 0.25) is 0 Å². The number of aromatic nitrogens is 5. The first-order valence-corrected chi connectivity index (χ1v) is 4.63. The Kier molecular flexibility index (Phi) is 2.43. The second kappa shape index (κ2) is 3.76. The van der Waals surface area contributed by atoms with Crippen LogP contribution in [-0.2, 0) is 11.8 Å². The third-order valence-corrected chi connectivity index (χ3v) is 2.28. The maximum atomic E-state index is 11.4. The van der Waals surface area contributed by atoms with Gasteiger partial charge in [-0.2, -0.15) is 15.4 Å². The normalized spacial score (nSPS) is 10.4. The highest BCUT2D eigenvalue weighted by Gasteiger charge is 2.20. The fraction of sp³-hybridized carbons (Fsp3) is 0.333. The Bertz CT molecular complexity index is 508. The molecule has 7 heteroatoms. The lowest BCUT2D eigenvalue weighted by molar-refractivity contribution is 0.0595. The average Bonchev–Trinajstić information content (AvgIpc) is 2.85. The highest BCUT2D eigenvalue weighted by molar-refractivity contribution is 5.93. The van der Waals surface area contributed by atoms with E-state index in [1.165, 1.54) is 7.11 Å². The van der Waals surface area contributed by atoms with Crippen LogP contribution in [0.15, 0.2) is 6.07 Å². The number of aromatic amines is 1. The summed E-state index contributed by atoms with van der Waals surface area (Å²) in [7, 11) is 3.11. The highest BCUT2D eigenvalue weighted by atomic mass is 16.5. The van der Waals surface area contributed by atoms with Gasteiger partial charge in [-0.05, 0) is 13.0 Å². The molecule has 16 heavy (non-hydrogen) atoms. The minimum absolute atomic E-state index is 0.139. The topological polar surface area (TPSA) is 85.7 Å². The number of nitrogens with zero attached hydrogens (tertiary/aromatic N) is 4. The molecule has 0 unspecified atom stereocenters. The van der Waals surface area contributed by atoms with Gasteiger partial charge in [-0.25, -0.2) is 4.79 Å². The summed E-state index contributed by atoms with van der Waals surface area (Å²) < 4.78 is 6.30. The first-order chi connectivity index (χ1) is 7.63. The molecule has 0 spiro atoms. The minimum atomic E-state index is -0.535. The molecule has 0 aromatic carbocycles. The lowest BCUT2D eigenvalue weighted by Gasteiger charge is -1.95. The molecule has 0 aliphatic rings. The molecule has 0 radical (unpaired) electrons. The van der Waals surface area contributed by atoms with Gasteiger partial charge in [-0.15, -0.1) is 5.10 Å². The van der Waals surface area contributed by atoms with Gasteiger partial charge in [-0.1, -0.05) is 0 Å². The van der Waals surface area contributed by atoms with Crippen molar-refractivity contribution in [3.8, 4) is 11.4 Å². The van der Waals surface area contributed by atoms with E-state index in [9.17, 15) is 4.79 Å². The quantitative estimate of drug-likeness (QED) is 0.737. The van der Waals surface area contributed by atoms with E-state index in [4.69, 9.17) is 0 Å². The average molecular weight is 221 g/mol. The molecule has 0 atom stereocenters. The fourth-order valence-corrected chi connectivity index (χ4v) is 1.32. The number of hydrogen-bond donors (Lipinski definition) is 1. The van der Waals surface area contributed by atoms with Gasteiger partial charge in [0.15, 0.2) is 5.69 Å².